The highest BCUT2D eigenvalue weighted by Crippen LogP contribution is 2.41. The van der Waals surface area contributed by atoms with Gasteiger partial charge in [0.2, 0.25) is 10.0 Å². The lowest BCUT2D eigenvalue weighted by Gasteiger charge is -2.04. The minimum Gasteiger partial charge on any atom is -0.235 e. The molecule has 0 unspecified atom stereocenters. The molecular formula is C21H14ClFN2O2S2. The first-order valence-electron chi connectivity index (χ1n) is 8.47. The van der Waals surface area contributed by atoms with Crippen LogP contribution >= 0.6 is 22.9 Å². The van der Waals surface area contributed by atoms with Crippen molar-refractivity contribution in [2.75, 3.05) is 0 Å². The van der Waals surface area contributed by atoms with Gasteiger partial charge in [0.1, 0.15) is 10.8 Å². The van der Waals surface area contributed by atoms with Crippen LogP contribution in [0.1, 0.15) is 0 Å². The molecule has 0 saturated heterocycles. The summed E-state index contributed by atoms with van der Waals surface area (Å²) in [6.07, 6.45) is 0. The molecule has 2 N–H and O–H groups in total. The highest BCUT2D eigenvalue weighted by molar-refractivity contribution is 7.89. The second-order valence-corrected chi connectivity index (χ2v) is 9.28. The van der Waals surface area contributed by atoms with E-state index in [2.05, 4.69) is 0 Å². The van der Waals surface area contributed by atoms with Crippen LogP contribution in [0.25, 0.3) is 32.3 Å². The molecule has 3 aromatic carbocycles. The summed E-state index contributed by atoms with van der Waals surface area (Å²) < 4.78 is 36.5. The van der Waals surface area contributed by atoms with Crippen molar-refractivity contribution >= 4 is 33.0 Å². The summed E-state index contributed by atoms with van der Waals surface area (Å²) in [7, 11) is -3.78. The zero-order valence-electron chi connectivity index (χ0n) is 14.8. The van der Waals surface area contributed by atoms with Gasteiger partial charge in [-0.1, -0.05) is 35.9 Å². The van der Waals surface area contributed by atoms with E-state index in [0.717, 1.165) is 26.6 Å². The number of sulfonamides is 1. The topological polar surface area (TPSA) is 73.1 Å². The molecule has 0 fully saturated rings. The molecule has 0 saturated carbocycles. The van der Waals surface area contributed by atoms with Crippen LogP contribution in [0.4, 0.5) is 4.39 Å². The van der Waals surface area contributed by atoms with Gasteiger partial charge in [0.15, 0.2) is 0 Å². The van der Waals surface area contributed by atoms with Crippen LogP contribution in [0.2, 0.25) is 5.02 Å². The molecule has 29 heavy (non-hydrogen) atoms. The zero-order valence-corrected chi connectivity index (χ0v) is 17.2. The summed E-state index contributed by atoms with van der Waals surface area (Å²) in [4.78, 5) is 5.64. The van der Waals surface area contributed by atoms with E-state index >= 15 is 0 Å². The van der Waals surface area contributed by atoms with E-state index in [4.69, 9.17) is 21.7 Å². The van der Waals surface area contributed by atoms with Crippen molar-refractivity contribution < 1.29 is 12.8 Å². The number of hydrogen-bond acceptors (Lipinski definition) is 4. The molecule has 1 heterocycles. The Balaban J connectivity index is 1.86. The third kappa shape index (κ3) is 4.23. The fourth-order valence-corrected chi connectivity index (χ4v) is 4.57. The fourth-order valence-electron chi connectivity index (χ4n) is 2.83. The number of thiazole rings is 1. The van der Waals surface area contributed by atoms with Gasteiger partial charge in [-0.3, -0.25) is 0 Å². The molecule has 8 heteroatoms. The third-order valence-electron chi connectivity index (χ3n) is 4.28. The van der Waals surface area contributed by atoms with Crippen molar-refractivity contribution in [2.24, 2.45) is 5.14 Å². The van der Waals surface area contributed by atoms with Crippen LogP contribution in [0, 0.1) is 5.82 Å². The van der Waals surface area contributed by atoms with E-state index in [0.29, 0.717) is 10.7 Å². The number of nitrogens with zero attached hydrogens (tertiary/aromatic N) is 1. The van der Waals surface area contributed by atoms with Crippen molar-refractivity contribution in [3.05, 3.63) is 83.6 Å². The molecule has 0 spiro atoms. The Labute approximate surface area is 176 Å². The molecule has 0 amide bonds. The largest absolute Gasteiger partial charge is 0.238 e. The van der Waals surface area contributed by atoms with Gasteiger partial charge in [0.25, 0.3) is 0 Å². The van der Waals surface area contributed by atoms with E-state index in [1.165, 1.54) is 35.6 Å². The van der Waals surface area contributed by atoms with Gasteiger partial charge in [0, 0.05) is 16.1 Å². The van der Waals surface area contributed by atoms with Crippen LogP contribution in [-0.2, 0) is 10.0 Å². The molecule has 4 rings (SSSR count). The summed E-state index contributed by atoms with van der Waals surface area (Å²) in [5, 5.41) is 6.59. The van der Waals surface area contributed by atoms with Crippen LogP contribution in [0.5, 0.6) is 0 Å². The highest BCUT2D eigenvalue weighted by Gasteiger charge is 2.17. The Morgan fingerprint density at radius 1 is 0.828 bits per heavy atom. The standard InChI is InChI=1S/C21H14ClFN2O2S2/c22-16-7-1-15(2-8-16)21-25-19(13-3-9-17(23)10-4-13)20(28-21)14-5-11-18(12-6-14)29(24,26)27/h1-12H,(H2,24,26,27). The molecule has 0 atom stereocenters. The van der Waals surface area contributed by atoms with Crippen LogP contribution in [0.15, 0.2) is 77.7 Å². The summed E-state index contributed by atoms with van der Waals surface area (Å²) >= 11 is 7.44. The van der Waals surface area contributed by atoms with E-state index in [-0.39, 0.29) is 10.7 Å². The van der Waals surface area contributed by atoms with Gasteiger partial charge in [0.05, 0.1) is 15.5 Å². The third-order valence-corrected chi connectivity index (χ3v) is 6.62. The molecule has 1 aromatic heterocycles. The van der Waals surface area contributed by atoms with Crippen LogP contribution in [-0.4, -0.2) is 13.4 Å². The molecule has 0 aliphatic rings. The highest BCUT2D eigenvalue weighted by atomic mass is 35.5. The predicted octanol–water partition coefficient (Wildman–Crippen LogP) is 5.58. The first-order chi connectivity index (χ1) is 13.8. The van der Waals surface area contributed by atoms with E-state index in [1.54, 1.807) is 36.4 Å². The normalized spacial score (nSPS) is 11.6. The maximum atomic E-state index is 13.4. The Morgan fingerprint density at radius 3 is 1.97 bits per heavy atom. The van der Waals surface area contributed by atoms with Crippen molar-refractivity contribution in [3.8, 4) is 32.3 Å². The lowest BCUT2D eigenvalue weighted by molar-refractivity contribution is 0.598. The number of nitrogens with two attached hydrogens (primary N) is 1. The Hall–Kier alpha value is -2.58. The van der Waals surface area contributed by atoms with E-state index < -0.39 is 10.0 Å². The number of rotatable bonds is 4. The summed E-state index contributed by atoms with van der Waals surface area (Å²) in [5.74, 6) is -0.332. The van der Waals surface area contributed by atoms with Gasteiger partial charge in [-0.25, -0.2) is 22.9 Å². The molecule has 0 bridgehead atoms. The quantitative estimate of drug-likeness (QED) is 0.446. The van der Waals surface area contributed by atoms with Crippen molar-refractivity contribution in [1.82, 2.24) is 4.98 Å². The maximum Gasteiger partial charge on any atom is 0.238 e. The van der Waals surface area contributed by atoms with E-state index in [1.807, 2.05) is 12.1 Å². The SMILES string of the molecule is NS(=O)(=O)c1ccc(-c2sc(-c3ccc(Cl)cc3)nc2-c2ccc(F)cc2)cc1. The van der Waals surface area contributed by atoms with Gasteiger partial charge in [-0.2, -0.15) is 0 Å². The zero-order chi connectivity index (χ0) is 20.6. The minimum atomic E-state index is -3.78. The van der Waals surface area contributed by atoms with Gasteiger partial charge < -0.3 is 0 Å². The first-order valence-corrected chi connectivity index (χ1v) is 11.2. The second-order valence-electron chi connectivity index (χ2n) is 6.28. The lowest BCUT2D eigenvalue weighted by Crippen LogP contribution is -2.11. The number of aromatic nitrogens is 1. The fraction of sp³-hybridized carbons (Fsp3) is 0. The van der Waals surface area contributed by atoms with Crippen molar-refractivity contribution in [2.45, 2.75) is 4.90 Å². The second kappa shape index (κ2) is 7.68. The maximum absolute atomic E-state index is 13.4. The van der Waals surface area contributed by atoms with Crippen molar-refractivity contribution in [3.63, 3.8) is 0 Å². The molecular weight excluding hydrogens is 431 g/mol. The number of halogens is 2. The molecule has 146 valence electrons. The minimum absolute atomic E-state index is 0.0343. The Kier molecular flexibility index (Phi) is 5.23. The number of benzene rings is 3. The monoisotopic (exact) mass is 444 g/mol. The molecule has 0 aliphatic carbocycles. The lowest BCUT2D eigenvalue weighted by atomic mass is 10.1. The van der Waals surface area contributed by atoms with Crippen molar-refractivity contribution in [1.29, 1.82) is 0 Å². The molecule has 4 nitrogen and oxygen atoms in total. The summed E-state index contributed by atoms with van der Waals surface area (Å²) in [6, 6.07) is 19.7. The predicted molar refractivity (Wildman–Crippen MR) is 115 cm³/mol. The van der Waals surface area contributed by atoms with E-state index in [9.17, 15) is 12.8 Å². The molecule has 0 aliphatic heterocycles. The molecule has 4 aromatic rings. The van der Waals surface area contributed by atoms with Crippen LogP contribution < -0.4 is 5.14 Å². The van der Waals surface area contributed by atoms with Crippen LogP contribution in [0.3, 0.4) is 0 Å². The van der Waals surface area contributed by atoms with Gasteiger partial charge >= 0.3 is 0 Å². The average molecular weight is 445 g/mol. The molecule has 0 radical (unpaired) electrons. The first kappa shape index (κ1) is 19.7. The summed E-state index contributed by atoms with van der Waals surface area (Å²) in [5.41, 5.74) is 3.13. The van der Waals surface area contributed by atoms with Gasteiger partial charge in [-0.15, -0.1) is 11.3 Å². The smallest absolute Gasteiger partial charge is 0.235 e. The Bertz CT molecular complexity index is 1270. The average Bonchev–Trinajstić information content (AvgIpc) is 3.14. The number of primary sulfonamides is 1. The van der Waals surface area contributed by atoms with Gasteiger partial charge in [-0.05, 0) is 54.1 Å². The Morgan fingerprint density at radius 2 is 1.38 bits per heavy atom. The summed E-state index contributed by atoms with van der Waals surface area (Å²) in [6.45, 7) is 0. The number of hydrogen-bond donors (Lipinski definition) is 1.